The lowest BCUT2D eigenvalue weighted by Crippen LogP contribution is -2.48. The van der Waals surface area contributed by atoms with Crippen molar-refractivity contribution in [2.75, 3.05) is 37.6 Å². The maximum atomic E-state index is 12.1. The number of aromatic nitrogens is 4. The third-order valence-corrected chi connectivity index (χ3v) is 4.71. The van der Waals surface area contributed by atoms with Crippen molar-refractivity contribution < 1.29 is 0 Å². The predicted octanol–water partition coefficient (Wildman–Crippen LogP) is 1.02. The second kappa shape index (κ2) is 7.84. The van der Waals surface area contributed by atoms with Crippen molar-refractivity contribution in [3.8, 4) is 6.07 Å². The van der Waals surface area contributed by atoms with E-state index in [0.717, 1.165) is 44.2 Å². The zero-order chi connectivity index (χ0) is 19.4. The summed E-state index contributed by atoms with van der Waals surface area (Å²) in [6, 6.07) is 5.40. The first-order chi connectivity index (χ1) is 12.9. The fourth-order valence-electron chi connectivity index (χ4n) is 2.99. The number of nitriles is 1. The number of hydrogen-bond acceptors (Lipinski definition) is 7. The smallest absolute Gasteiger partial charge is 0.266 e. The zero-order valence-electron chi connectivity index (χ0n) is 16.1. The fraction of sp³-hybridized carbons (Fsp3) is 0.526. The van der Waals surface area contributed by atoms with Gasteiger partial charge in [-0.15, -0.1) is 0 Å². The van der Waals surface area contributed by atoms with Gasteiger partial charge in [-0.3, -0.25) is 9.69 Å². The van der Waals surface area contributed by atoms with E-state index in [9.17, 15) is 4.79 Å². The zero-order valence-corrected chi connectivity index (χ0v) is 16.1. The van der Waals surface area contributed by atoms with Crippen molar-refractivity contribution in [1.29, 1.82) is 5.26 Å². The van der Waals surface area contributed by atoms with Crippen LogP contribution < -0.4 is 10.5 Å². The minimum absolute atomic E-state index is 0.0607. The number of piperazine rings is 1. The highest BCUT2D eigenvalue weighted by atomic mass is 16.1. The third kappa shape index (κ3) is 4.68. The second-order valence-electron chi connectivity index (χ2n) is 7.73. The van der Waals surface area contributed by atoms with E-state index in [2.05, 4.69) is 45.6 Å². The Morgan fingerprint density at radius 2 is 1.81 bits per heavy atom. The summed E-state index contributed by atoms with van der Waals surface area (Å²) in [5, 5.41) is 13.3. The van der Waals surface area contributed by atoms with Gasteiger partial charge in [-0.2, -0.15) is 10.4 Å². The molecule has 0 saturated carbocycles. The Morgan fingerprint density at radius 3 is 2.41 bits per heavy atom. The molecule has 0 N–H and O–H groups in total. The maximum absolute atomic E-state index is 12.1. The van der Waals surface area contributed by atoms with Gasteiger partial charge in [-0.25, -0.2) is 14.6 Å². The van der Waals surface area contributed by atoms with Crippen molar-refractivity contribution in [2.45, 2.75) is 32.7 Å². The highest BCUT2D eigenvalue weighted by Crippen LogP contribution is 2.18. The fourth-order valence-corrected chi connectivity index (χ4v) is 2.99. The van der Waals surface area contributed by atoms with Crippen LogP contribution in [0.5, 0.6) is 0 Å². The van der Waals surface area contributed by atoms with Crippen LogP contribution in [0.15, 0.2) is 29.3 Å². The number of anilines is 1. The summed E-state index contributed by atoms with van der Waals surface area (Å²) in [5.74, 6) is 0.796. The Hall–Kier alpha value is -2.79. The summed E-state index contributed by atoms with van der Waals surface area (Å²) in [5.41, 5.74) is 1.11. The Bertz CT molecular complexity index is 869. The number of hydrogen-bond donors (Lipinski definition) is 0. The van der Waals surface area contributed by atoms with Gasteiger partial charge in [0.05, 0.1) is 24.6 Å². The van der Waals surface area contributed by atoms with Crippen LogP contribution in [0.3, 0.4) is 0 Å². The van der Waals surface area contributed by atoms with Gasteiger partial charge in [0.15, 0.2) is 5.69 Å². The van der Waals surface area contributed by atoms with Gasteiger partial charge in [-0.1, -0.05) is 20.8 Å². The molecule has 1 fully saturated rings. The summed E-state index contributed by atoms with van der Waals surface area (Å²) in [4.78, 5) is 25.0. The predicted molar refractivity (Wildman–Crippen MR) is 103 cm³/mol. The standard InChI is InChI=1S/C19H25N7O/c1-19(2,3)16-4-5-18(27)26(23-16)11-8-24-6-9-25(10-7-24)17-14-21-15(12-20)13-22-17/h4-5,13-14H,6-11H2,1-3H3. The Balaban J connectivity index is 1.55. The van der Waals surface area contributed by atoms with Crippen LogP contribution in [-0.4, -0.2) is 57.4 Å². The molecule has 0 radical (unpaired) electrons. The van der Waals surface area contributed by atoms with Crippen LogP contribution in [-0.2, 0) is 12.0 Å². The van der Waals surface area contributed by atoms with E-state index < -0.39 is 0 Å². The molecule has 3 rings (SSSR count). The van der Waals surface area contributed by atoms with Crippen molar-refractivity contribution in [2.24, 2.45) is 0 Å². The Labute approximate surface area is 159 Å². The summed E-state index contributed by atoms with van der Waals surface area (Å²) in [7, 11) is 0. The van der Waals surface area contributed by atoms with Crippen LogP contribution in [0, 0.1) is 11.3 Å². The molecule has 8 heteroatoms. The summed E-state index contributed by atoms with van der Waals surface area (Å²) in [6.07, 6.45) is 3.15. The second-order valence-corrected chi connectivity index (χ2v) is 7.73. The van der Waals surface area contributed by atoms with E-state index in [1.807, 2.05) is 12.1 Å². The first kappa shape index (κ1) is 19.0. The molecule has 8 nitrogen and oxygen atoms in total. The average molecular weight is 367 g/mol. The summed E-state index contributed by atoms with van der Waals surface area (Å²) in [6.45, 7) is 11.1. The molecule has 0 amide bonds. The SMILES string of the molecule is CC(C)(C)c1ccc(=O)n(CCN2CCN(c3cnc(C#N)cn3)CC2)n1. The van der Waals surface area contributed by atoms with E-state index in [4.69, 9.17) is 5.26 Å². The van der Waals surface area contributed by atoms with Gasteiger partial charge >= 0.3 is 0 Å². The highest BCUT2D eigenvalue weighted by molar-refractivity contribution is 5.37. The first-order valence-electron chi connectivity index (χ1n) is 9.15. The molecule has 2 aromatic heterocycles. The molecule has 0 bridgehead atoms. The van der Waals surface area contributed by atoms with E-state index in [1.165, 1.54) is 6.20 Å². The lowest BCUT2D eigenvalue weighted by molar-refractivity contribution is 0.241. The average Bonchev–Trinajstić information content (AvgIpc) is 2.67. The highest BCUT2D eigenvalue weighted by Gasteiger charge is 2.19. The molecule has 0 atom stereocenters. The first-order valence-corrected chi connectivity index (χ1v) is 9.15. The molecule has 27 heavy (non-hydrogen) atoms. The van der Waals surface area contributed by atoms with Crippen LogP contribution in [0.25, 0.3) is 0 Å². The van der Waals surface area contributed by atoms with E-state index in [1.54, 1.807) is 16.9 Å². The summed E-state index contributed by atoms with van der Waals surface area (Å²) >= 11 is 0. The summed E-state index contributed by atoms with van der Waals surface area (Å²) < 4.78 is 1.57. The topological polar surface area (TPSA) is 90.9 Å². The molecule has 0 aromatic carbocycles. The maximum Gasteiger partial charge on any atom is 0.266 e. The van der Waals surface area contributed by atoms with Crippen LogP contribution >= 0.6 is 0 Å². The molecule has 0 aliphatic carbocycles. The molecule has 2 aromatic rings. The van der Waals surface area contributed by atoms with Crippen LogP contribution in [0.4, 0.5) is 5.82 Å². The molecule has 142 valence electrons. The number of rotatable bonds is 4. The Morgan fingerprint density at radius 1 is 1.07 bits per heavy atom. The Kier molecular flexibility index (Phi) is 5.51. The molecule has 1 aliphatic rings. The third-order valence-electron chi connectivity index (χ3n) is 4.71. The minimum Gasteiger partial charge on any atom is -0.353 e. The quantitative estimate of drug-likeness (QED) is 0.797. The monoisotopic (exact) mass is 367 g/mol. The van der Waals surface area contributed by atoms with Gasteiger partial charge in [-0.05, 0) is 6.07 Å². The van der Waals surface area contributed by atoms with E-state index in [-0.39, 0.29) is 11.0 Å². The van der Waals surface area contributed by atoms with Crippen molar-refractivity contribution in [3.63, 3.8) is 0 Å². The molecule has 1 saturated heterocycles. The minimum atomic E-state index is -0.0802. The molecule has 3 heterocycles. The van der Waals surface area contributed by atoms with Gasteiger partial charge in [0.1, 0.15) is 11.9 Å². The lowest BCUT2D eigenvalue weighted by Gasteiger charge is -2.35. The van der Waals surface area contributed by atoms with Gasteiger partial charge in [0, 0.05) is 44.2 Å². The van der Waals surface area contributed by atoms with E-state index in [0.29, 0.717) is 12.2 Å². The lowest BCUT2D eigenvalue weighted by atomic mass is 9.92. The van der Waals surface area contributed by atoms with Gasteiger partial charge < -0.3 is 4.90 Å². The molecule has 0 spiro atoms. The molecule has 1 aliphatic heterocycles. The van der Waals surface area contributed by atoms with E-state index >= 15 is 0 Å². The van der Waals surface area contributed by atoms with Crippen molar-refractivity contribution in [1.82, 2.24) is 24.6 Å². The largest absolute Gasteiger partial charge is 0.353 e. The normalized spacial score (nSPS) is 15.6. The van der Waals surface area contributed by atoms with Gasteiger partial charge in [0.2, 0.25) is 0 Å². The number of nitrogens with zero attached hydrogens (tertiary/aromatic N) is 7. The van der Waals surface area contributed by atoms with Gasteiger partial charge in [0.25, 0.3) is 5.56 Å². The van der Waals surface area contributed by atoms with Crippen molar-refractivity contribution in [3.05, 3.63) is 46.3 Å². The van der Waals surface area contributed by atoms with Crippen LogP contribution in [0.2, 0.25) is 0 Å². The van der Waals surface area contributed by atoms with Crippen LogP contribution in [0.1, 0.15) is 32.2 Å². The molecular formula is C19H25N7O. The molecule has 0 unspecified atom stereocenters. The van der Waals surface area contributed by atoms with Crippen molar-refractivity contribution >= 4 is 5.82 Å². The molecular weight excluding hydrogens is 342 g/mol.